The highest BCUT2D eigenvalue weighted by Crippen LogP contribution is 2.25. The number of rotatable bonds is 2. The van der Waals surface area contributed by atoms with Gasteiger partial charge in [0.15, 0.2) is 0 Å². The molecule has 0 aromatic carbocycles. The number of amides is 1. The van der Waals surface area contributed by atoms with Gasteiger partial charge in [-0.3, -0.25) is 4.79 Å². The molecule has 1 saturated heterocycles. The quantitative estimate of drug-likeness (QED) is 0.618. The van der Waals surface area contributed by atoms with Gasteiger partial charge < -0.3 is 4.90 Å². The van der Waals surface area contributed by atoms with Crippen LogP contribution in [0.3, 0.4) is 0 Å². The van der Waals surface area contributed by atoms with E-state index in [-0.39, 0.29) is 5.92 Å². The normalized spacial score (nSPS) is 23.2. The summed E-state index contributed by atoms with van der Waals surface area (Å²) < 4.78 is 0. The number of hydrogen-bond donors (Lipinski definition) is 0. The van der Waals surface area contributed by atoms with Crippen LogP contribution in [0.4, 0.5) is 0 Å². The van der Waals surface area contributed by atoms with Crippen LogP contribution in [0.2, 0.25) is 0 Å². The van der Waals surface area contributed by atoms with Crippen molar-refractivity contribution in [3.05, 3.63) is 0 Å². The minimum Gasteiger partial charge on any atom is -0.339 e. The second-order valence-corrected chi connectivity index (χ2v) is 4.29. The lowest BCUT2D eigenvalue weighted by atomic mass is 9.90. The lowest BCUT2D eigenvalue weighted by Crippen LogP contribution is -2.54. The Kier molecular flexibility index (Phi) is 2.76. The maximum absolute atomic E-state index is 11.6. The molecule has 0 N–H and O–H groups in total. The Morgan fingerprint density at radius 1 is 1.33 bits per heavy atom. The molecular formula is C10H19NO. The summed E-state index contributed by atoms with van der Waals surface area (Å²) in [6.07, 6.45) is 1.19. The molecule has 1 aliphatic rings. The molecule has 2 nitrogen and oxygen atoms in total. The molecule has 1 heterocycles. The number of carbonyl (C=O) groups is 1. The first-order chi connectivity index (χ1) is 5.54. The van der Waals surface area contributed by atoms with Gasteiger partial charge in [-0.2, -0.15) is 0 Å². The van der Waals surface area contributed by atoms with E-state index >= 15 is 0 Å². The Labute approximate surface area is 74.9 Å². The number of hydrogen-bond acceptors (Lipinski definition) is 1. The first-order valence-electron chi connectivity index (χ1n) is 4.84. The average Bonchev–Trinajstić information content (AvgIpc) is 1.82. The number of carbonyl (C=O) groups excluding carboxylic acids is 1. The molecule has 1 amide bonds. The molecule has 0 radical (unpaired) electrons. The van der Waals surface area contributed by atoms with Crippen LogP contribution in [0.25, 0.3) is 0 Å². The van der Waals surface area contributed by atoms with Gasteiger partial charge in [0, 0.05) is 18.5 Å². The SMILES string of the molecule is CC(C)C(=O)N1CC[C@@H]1C(C)C. The Hall–Kier alpha value is -0.530. The van der Waals surface area contributed by atoms with Crippen LogP contribution in [0.1, 0.15) is 34.1 Å². The van der Waals surface area contributed by atoms with Crippen molar-refractivity contribution >= 4 is 5.91 Å². The Morgan fingerprint density at radius 2 is 1.92 bits per heavy atom. The van der Waals surface area contributed by atoms with Crippen molar-refractivity contribution in [1.82, 2.24) is 4.90 Å². The lowest BCUT2D eigenvalue weighted by Gasteiger charge is -2.44. The molecule has 0 aromatic heterocycles. The van der Waals surface area contributed by atoms with Gasteiger partial charge in [-0.15, -0.1) is 0 Å². The highest BCUT2D eigenvalue weighted by Gasteiger charge is 2.34. The van der Waals surface area contributed by atoms with Crippen molar-refractivity contribution in [3.8, 4) is 0 Å². The molecule has 2 heteroatoms. The minimum atomic E-state index is 0.159. The van der Waals surface area contributed by atoms with Crippen molar-refractivity contribution in [3.63, 3.8) is 0 Å². The summed E-state index contributed by atoms with van der Waals surface area (Å²) in [6.45, 7) is 9.28. The van der Waals surface area contributed by atoms with Crippen molar-refractivity contribution in [2.75, 3.05) is 6.54 Å². The zero-order chi connectivity index (χ0) is 9.30. The van der Waals surface area contributed by atoms with Gasteiger partial charge in [0.25, 0.3) is 0 Å². The Morgan fingerprint density at radius 3 is 2.17 bits per heavy atom. The number of nitrogens with zero attached hydrogens (tertiary/aromatic N) is 1. The zero-order valence-corrected chi connectivity index (χ0v) is 8.50. The van der Waals surface area contributed by atoms with Crippen LogP contribution in [0, 0.1) is 11.8 Å². The van der Waals surface area contributed by atoms with Gasteiger partial charge in [-0.05, 0) is 12.3 Å². The summed E-state index contributed by atoms with van der Waals surface area (Å²) in [4.78, 5) is 13.6. The van der Waals surface area contributed by atoms with E-state index in [0.29, 0.717) is 17.9 Å². The molecule has 0 spiro atoms. The van der Waals surface area contributed by atoms with Crippen LogP contribution in [-0.4, -0.2) is 23.4 Å². The molecule has 1 fully saturated rings. The highest BCUT2D eigenvalue weighted by molar-refractivity contribution is 5.79. The van der Waals surface area contributed by atoms with Gasteiger partial charge in [-0.25, -0.2) is 0 Å². The fraction of sp³-hybridized carbons (Fsp3) is 0.900. The summed E-state index contributed by atoms with van der Waals surface area (Å²) in [5, 5.41) is 0. The molecule has 1 aliphatic heterocycles. The summed E-state index contributed by atoms with van der Waals surface area (Å²) >= 11 is 0. The summed E-state index contributed by atoms with van der Waals surface area (Å²) in [7, 11) is 0. The van der Waals surface area contributed by atoms with Crippen molar-refractivity contribution < 1.29 is 4.79 Å². The molecule has 0 aromatic rings. The van der Waals surface area contributed by atoms with Gasteiger partial charge >= 0.3 is 0 Å². The second kappa shape index (κ2) is 3.46. The van der Waals surface area contributed by atoms with E-state index in [9.17, 15) is 4.79 Å². The van der Waals surface area contributed by atoms with E-state index in [0.717, 1.165) is 6.54 Å². The third kappa shape index (κ3) is 1.62. The standard InChI is InChI=1S/C10H19NO/c1-7(2)9-5-6-11(9)10(12)8(3)4/h7-9H,5-6H2,1-4H3/t9-/m1/s1. The first-order valence-corrected chi connectivity index (χ1v) is 4.84. The van der Waals surface area contributed by atoms with Crippen LogP contribution in [0.15, 0.2) is 0 Å². The Balaban J connectivity index is 2.49. The summed E-state index contributed by atoms with van der Waals surface area (Å²) in [6, 6.07) is 0.514. The molecule has 0 aliphatic carbocycles. The van der Waals surface area contributed by atoms with Gasteiger partial charge in [-0.1, -0.05) is 27.7 Å². The van der Waals surface area contributed by atoms with E-state index in [1.54, 1.807) is 0 Å². The van der Waals surface area contributed by atoms with Crippen molar-refractivity contribution in [1.29, 1.82) is 0 Å². The second-order valence-electron chi connectivity index (χ2n) is 4.29. The van der Waals surface area contributed by atoms with E-state index in [1.807, 2.05) is 18.7 Å². The maximum atomic E-state index is 11.6. The van der Waals surface area contributed by atoms with Crippen molar-refractivity contribution in [2.24, 2.45) is 11.8 Å². The molecule has 1 atom stereocenters. The first kappa shape index (κ1) is 9.56. The average molecular weight is 169 g/mol. The topological polar surface area (TPSA) is 20.3 Å². The molecule has 70 valence electrons. The fourth-order valence-electron chi connectivity index (χ4n) is 1.71. The highest BCUT2D eigenvalue weighted by atomic mass is 16.2. The zero-order valence-electron chi connectivity index (χ0n) is 8.50. The van der Waals surface area contributed by atoms with Gasteiger partial charge in [0.2, 0.25) is 5.91 Å². The van der Waals surface area contributed by atoms with Gasteiger partial charge in [0.05, 0.1) is 0 Å². The van der Waals surface area contributed by atoms with Crippen LogP contribution < -0.4 is 0 Å². The molecule has 12 heavy (non-hydrogen) atoms. The van der Waals surface area contributed by atoms with Crippen LogP contribution in [-0.2, 0) is 4.79 Å². The van der Waals surface area contributed by atoms with E-state index in [2.05, 4.69) is 13.8 Å². The predicted molar refractivity (Wildman–Crippen MR) is 49.8 cm³/mol. The molecule has 0 saturated carbocycles. The fourth-order valence-corrected chi connectivity index (χ4v) is 1.71. The summed E-state index contributed by atoms with van der Waals surface area (Å²) in [5.74, 6) is 1.09. The third-order valence-corrected chi connectivity index (χ3v) is 2.61. The Bertz CT molecular complexity index is 175. The molecule has 0 unspecified atom stereocenters. The maximum Gasteiger partial charge on any atom is 0.225 e. The minimum absolute atomic E-state index is 0.159. The van der Waals surface area contributed by atoms with Crippen molar-refractivity contribution in [2.45, 2.75) is 40.2 Å². The molecule has 1 rings (SSSR count). The number of likely N-dealkylation sites (tertiary alicyclic amines) is 1. The molecular weight excluding hydrogens is 150 g/mol. The van der Waals surface area contributed by atoms with Crippen LogP contribution in [0.5, 0.6) is 0 Å². The van der Waals surface area contributed by atoms with E-state index < -0.39 is 0 Å². The summed E-state index contributed by atoms with van der Waals surface area (Å²) in [5.41, 5.74) is 0. The smallest absolute Gasteiger partial charge is 0.225 e. The van der Waals surface area contributed by atoms with Crippen LogP contribution >= 0.6 is 0 Å². The van der Waals surface area contributed by atoms with Gasteiger partial charge in [0.1, 0.15) is 0 Å². The lowest BCUT2D eigenvalue weighted by molar-refractivity contribution is -0.144. The van der Waals surface area contributed by atoms with E-state index in [1.165, 1.54) is 6.42 Å². The third-order valence-electron chi connectivity index (χ3n) is 2.61. The predicted octanol–water partition coefficient (Wildman–Crippen LogP) is 1.90. The molecule has 0 bridgehead atoms. The van der Waals surface area contributed by atoms with E-state index in [4.69, 9.17) is 0 Å². The largest absolute Gasteiger partial charge is 0.339 e. The monoisotopic (exact) mass is 169 g/mol.